The Morgan fingerprint density at radius 2 is 1.29 bits per heavy atom. The number of rotatable bonds is 4. The van der Waals surface area contributed by atoms with Crippen LogP contribution in [-0.2, 0) is 0 Å². The van der Waals surface area contributed by atoms with Gasteiger partial charge in [0.05, 0.1) is 23.8 Å². The molecule has 3 heteroatoms. The monoisotopic (exact) mass is 440 g/mol. The lowest BCUT2D eigenvalue weighted by molar-refractivity contribution is 0.418. The smallest absolute Gasteiger partial charge is 0.136 e. The summed E-state index contributed by atoms with van der Waals surface area (Å²) in [6, 6.07) is 36.2. The van der Waals surface area contributed by atoms with Gasteiger partial charge in [-0.15, -0.1) is 0 Å². The number of hydrogen-bond acceptors (Lipinski definition) is 2. The summed E-state index contributed by atoms with van der Waals surface area (Å²) < 4.78 is 8.25. The molecule has 2 heterocycles. The Hall–Kier alpha value is -4.37. The minimum atomic E-state index is 0.842. The first-order chi connectivity index (χ1) is 16.7. The average molecular weight is 441 g/mol. The fourth-order valence-electron chi connectivity index (χ4n) is 4.91. The summed E-state index contributed by atoms with van der Waals surface area (Å²) in [5.41, 5.74) is 8.82. The van der Waals surface area contributed by atoms with Crippen molar-refractivity contribution in [3.05, 3.63) is 115 Å². The molecule has 0 N–H and O–H groups in total. The number of aromatic nitrogens is 2. The fraction of sp³-hybridized carbons (Fsp3) is 0.0645. The van der Waals surface area contributed by atoms with Crippen LogP contribution < -0.4 is 4.74 Å². The predicted molar refractivity (Wildman–Crippen MR) is 141 cm³/mol. The van der Waals surface area contributed by atoms with Crippen molar-refractivity contribution >= 4 is 21.8 Å². The van der Waals surface area contributed by atoms with Gasteiger partial charge >= 0.3 is 0 Å². The van der Waals surface area contributed by atoms with Crippen LogP contribution in [-0.4, -0.2) is 16.7 Å². The molecule has 34 heavy (non-hydrogen) atoms. The second kappa shape index (κ2) is 8.20. The highest BCUT2D eigenvalue weighted by molar-refractivity contribution is 6.09. The molecule has 6 aromatic rings. The Morgan fingerprint density at radius 1 is 0.676 bits per heavy atom. The van der Waals surface area contributed by atoms with E-state index < -0.39 is 0 Å². The standard InChI is InChI=1S/C31H24N2O/c1-21-19-26(31(34-2)27(20-21)28-11-7-8-18-32-28)22-14-16-23(17-15-22)33-29-12-5-3-9-24(29)25-10-4-6-13-30(25)33/h3-20H,1-2H3. The van der Waals surface area contributed by atoms with Crippen molar-refractivity contribution in [3.8, 4) is 33.8 Å². The normalized spacial score (nSPS) is 11.2. The first-order valence-electron chi connectivity index (χ1n) is 11.4. The number of hydrogen-bond donors (Lipinski definition) is 0. The van der Waals surface area contributed by atoms with Crippen molar-refractivity contribution in [3.63, 3.8) is 0 Å². The molecule has 0 aliphatic rings. The quantitative estimate of drug-likeness (QED) is 0.279. The molecule has 4 aromatic carbocycles. The highest BCUT2D eigenvalue weighted by atomic mass is 16.5. The van der Waals surface area contributed by atoms with Gasteiger partial charge in [-0.1, -0.05) is 54.6 Å². The molecule has 164 valence electrons. The van der Waals surface area contributed by atoms with Crippen LogP contribution in [0.1, 0.15) is 5.56 Å². The van der Waals surface area contributed by atoms with Crippen LogP contribution in [0.15, 0.2) is 109 Å². The van der Waals surface area contributed by atoms with Crippen LogP contribution >= 0.6 is 0 Å². The third-order valence-electron chi connectivity index (χ3n) is 6.39. The molecule has 0 aliphatic carbocycles. The van der Waals surface area contributed by atoms with Gasteiger partial charge in [0, 0.05) is 33.8 Å². The molecule has 0 spiro atoms. The van der Waals surface area contributed by atoms with Gasteiger partial charge in [-0.05, 0) is 66.6 Å². The lowest BCUT2D eigenvalue weighted by atomic mass is 9.96. The molecule has 3 nitrogen and oxygen atoms in total. The molecule has 6 rings (SSSR count). The largest absolute Gasteiger partial charge is 0.495 e. The van der Waals surface area contributed by atoms with E-state index in [2.05, 4.69) is 101 Å². The van der Waals surface area contributed by atoms with Gasteiger partial charge in [0.2, 0.25) is 0 Å². The molecular formula is C31H24N2O. The number of methoxy groups -OCH3 is 1. The molecule has 0 atom stereocenters. The summed E-state index contributed by atoms with van der Waals surface area (Å²) in [4.78, 5) is 4.56. The van der Waals surface area contributed by atoms with E-state index in [9.17, 15) is 0 Å². The van der Waals surface area contributed by atoms with Crippen molar-refractivity contribution < 1.29 is 4.74 Å². The third kappa shape index (κ3) is 3.25. The van der Waals surface area contributed by atoms with E-state index in [0.29, 0.717) is 0 Å². The summed E-state index contributed by atoms with van der Waals surface area (Å²) in [5, 5.41) is 2.53. The lowest BCUT2D eigenvalue weighted by Gasteiger charge is -2.16. The van der Waals surface area contributed by atoms with Crippen LogP contribution in [0.2, 0.25) is 0 Å². The Kier molecular flexibility index (Phi) is 4.88. The Morgan fingerprint density at radius 3 is 1.91 bits per heavy atom. The van der Waals surface area contributed by atoms with Crippen molar-refractivity contribution in [1.82, 2.24) is 9.55 Å². The van der Waals surface area contributed by atoms with E-state index >= 15 is 0 Å². The second-order valence-corrected chi connectivity index (χ2v) is 8.52. The number of para-hydroxylation sites is 2. The van der Waals surface area contributed by atoms with Gasteiger partial charge in [-0.25, -0.2) is 0 Å². The third-order valence-corrected chi connectivity index (χ3v) is 6.39. The lowest BCUT2D eigenvalue weighted by Crippen LogP contribution is -1.96. The van der Waals surface area contributed by atoms with Crippen LogP contribution in [0.4, 0.5) is 0 Å². The topological polar surface area (TPSA) is 27.1 Å². The number of nitrogens with zero attached hydrogens (tertiary/aromatic N) is 2. The maximum absolute atomic E-state index is 5.91. The molecule has 0 bridgehead atoms. The van der Waals surface area contributed by atoms with Gasteiger partial charge in [0.25, 0.3) is 0 Å². The molecule has 0 aliphatic heterocycles. The first-order valence-corrected chi connectivity index (χ1v) is 11.4. The van der Waals surface area contributed by atoms with E-state index in [1.54, 1.807) is 7.11 Å². The first kappa shape index (κ1) is 20.3. The van der Waals surface area contributed by atoms with Crippen LogP contribution in [0.3, 0.4) is 0 Å². The number of fused-ring (bicyclic) bond motifs is 3. The molecule has 0 amide bonds. The van der Waals surface area contributed by atoms with Crippen molar-refractivity contribution in [2.75, 3.05) is 7.11 Å². The predicted octanol–water partition coefficient (Wildman–Crippen LogP) is 7.83. The Labute approximate surface area is 198 Å². The summed E-state index contributed by atoms with van der Waals surface area (Å²) in [6.45, 7) is 2.11. The van der Waals surface area contributed by atoms with Crippen LogP contribution in [0, 0.1) is 6.92 Å². The number of ether oxygens (including phenoxy) is 1. The maximum Gasteiger partial charge on any atom is 0.136 e. The molecule has 0 radical (unpaired) electrons. The summed E-state index contributed by atoms with van der Waals surface area (Å²) in [6.07, 6.45) is 1.82. The average Bonchev–Trinajstić information content (AvgIpc) is 3.23. The molecule has 0 saturated carbocycles. The summed E-state index contributed by atoms with van der Waals surface area (Å²) in [5.74, 6) is 0.842. The molecule has 0 fully saturated rings. The van der Waals surface area contributed by atoms with E-state index in [1.807, 2.05) is 24.4 Å². The second-order valence-electron chi connectivity index (χ2n) is 8.52. The SMILES string of the molecule is COc1c(-c2ccc(-n3c4ccccc4c4ccccc43)cc2)cc(C)cc1-c1ccccn1. The summed E-state index contributed by atoms with van der Waals surface area (Å²) >= 11 is 0. The fourth-order valence-corrected chi connectivity index (χ4v) is 4.91. The molecule has 2 aromatic heterocycles. The van der Waals surface area contributed by atoms with Gasteiger partial charge in [-0.3, -0.25) is 4.98 Å². The van der Waals surface area contributed by atoms with E-state index in [0.717, 1.165) is 33.8 Å². The Bertz CT molecular complexity index is 1580. The number of pyridine rings is 1. The minimum Gasteiger partial charge on any atom is -0.495 e. The highest BCUT2D eigenvalue weighted by Crippen LogP contribution is 2.40. The molecule has 0 saturated heterocycles. The van der Waals surface area contributed by atoms with E-state index in [4.69, 9.17) is 4.74 Å². The zero-order valence-corrected chi connectivity index (χ0v) is 19.2. The van der Waals surface area contributed by atoms with E-state index in [-0.39, 0.29) is 0 Å². The minimum absolute atomic E-state index is 0.842. The van der Waals surface area contributed by atoms with Crippen molar-refractivity contribution in [1.29, 1.82) is 0 Å². The van der Waals surface area contributed by atoms with Crippen LogP contribution in [0.5, 0.6) is 5.75 Å². The van der Waals surface area contributed by atoms with E-state index in [1.165, 1.54) is 27.4 Å². The number of benzene rings is 4. The van der Waals surface area contributed by atoms with Gasteiger partial charge in [0.15, 0.2) is 0 Å². The zero-order chi connectivity index (χ0) is 23.1. The molecular weight excluding hydrogens is 416 g/mol. The zero-order valence-electron chi connectivity index (χ0n) is 19.2. The maximum atomic E-state index is 5.91. The highest BCUT2D eigenvalue weighted by Gasteiger charge is 2.16. The summed E-state index contributed by atoms with van der Waals surface area (Å²) in [7, 11) is 1.73. The van der Waals surface area contributed by atoms with Crippen molar-refractivity contribution in [2.24, 2.45) is 0 Å². The van der Waals surface area contributed by atoms with Crippen molar-refractivity contribution in [2.45, 2.75) is 6.92 Å². The van der Waals surface area contributed by atoms with Gasteiger partial charge in [-0.2, -0.15) is 0 Å². The molecule has 0 unspecified atom stereocenters. The van der Waals surface area contributed by atoms with Gasteiger partial charge < -0.3 is 9.30 Å². The Balaban J connectivity index is 1.51. The van der Waals surface area contributed by atoms with Gasteiger partial charge in [0.1, 0.15) is 5.75 Å². The van der Waals surface area contributed by atoms with Crippen LogP contribution in [0.25, 0.3) is 49.9 Å². The number of aryl methyl sites for hydroxylation is 1.